The Bertz CT molecular complexity index is 827. The van der Waals surface area contributed by atoms with Gasteiger partial charge in [-0.25, -0.2) is 4.98 Å². The van der Waals surface area contributed by atoms with Crippen molar-refractivity contribution in [3.63, 3.8) is 0 Å². The SMILES string of the molecule is NC(=O)c1cnc(NC(=O)c2cccc(NC(=O)C3CCCCC3)c2)s1. The lowest BCUT2D eigenvalue weighted by Gasteiger charge is -2.20. The van der Waals surface area contributed by atoms with Crippen LogP contribution in [-0.4, -0.2) is 22.7 Å². The molecule has 1 aromatic carbocycles. The molecular weight excluding hydrogens is 352 g/mol. The quantitative estimate of drug-likeness (QED) is 0.748. The Kier molecular flexibility index (Phi) is 5.62. The molecule has 1 fully saturated rings. The van der Waals surface area contributed by atoms with Gasteiger partial charge in [-0.1, -0.05) is 36.7 Å². The molecule has 1 heterocycles. The van der Waals surface area contributed by atoms with Crippen molar-refractivity contribution in [2.75, 3.05) is 10.6 Å². The topological polar surface area (TPSA) is 114 Å². The molecule has 4 N–H and O–H groups in total. The summed E-state index contributed by atoms with van der Waals surface area (Å²) in [6, 6.07) is 6.74. The highest BCUT2D eigenvalue weighted by Crippen LogP contribution is 2.25. The molecule has 3 amide bonds. The number of nitrogens with one attached hydrogen (secondary N) is 2. The number of hydrogen-bond donors (Lipinski definition) is 3. The van der Waals surface area contributed by atoms with E-state index in [-0.39, 0.29) is 22.6 Å². The monoisotopic (exact) mass is 372 g/mol. The van der Waals surface area contributed by atoms with Gasteiger partial charge in [0.2, 0.25) is 5.91 Å². The summed E-state index contributed by atoms with van der Waals surface area (Å²) in [6.07, 6.45) is 6.51. The number of hydrogen-bond acceptors (Lipinski definition) is 5. The molecular formula is C18H20N4O3S. The summed E-state index contributed by atoms with van der Waals surface area (Å²) in [5, 5.41) is 5.81. The Balaban J connectivity index is 1.64. The minimum absolute atomic E-state index is 0.00767. The number of carbonyl (C=O) groups is 3. The number of nitrogens with two attached hydrogens (primary N) is 1. The highest BCUT2D eigenvalue weighted by molar-refractivity contribution is 7.17. The Labute approximate surface area is 155 Å². The number of nitrogens with zero attached hydrogens (tertiary/aromatic N) is 1. The minimum Gasteiger partial charge on any atom is -0.365 e. The van der Waals surface area contributed by atoms with Crippen LogP contribution in [0.3, 0.4) is 0 Å². The maximum atomic E-state index is 12.4. The third-order valence-corrected chi connectivity index (χ3v) is 5.26. The first kappa shape index (κ1) is 18.1. The maximum Gasteiger partial charge on any atom is 0.260 e. The van der Waals surface area contributed by atoms with Crippen LogP contribution >= 0.6 is 11.3 Å². The van der Waals surface area contributed by atoms with E-state index in [9.17, 15) is 14.4 Å². The molecule has 0 atom stereocenters. The van der Waals surface area contributed by atoms with Crippen molar-refractivity contribution in [1.29, 1.82) is 0 Å². The first-order chi connectivity index (χ1) is 12.5. The van der Waals surface area contributed by atoms with Crippen LogP contribution < -0.4 is 16.4 Å². The van der Waals surface area contributed by atoms with Gasteiger partial charge in [-0.3, -0.25) is 19.7 Å². The molecule has 8 heteroatoms. The summed E-state index contributed by atoms with van der Waals surface area (Å²) in [5.41, 5.74) is 6.15. The predicted molar refractivity (Wildman–Crippen MR) is 100 cm³/mol. The highest BCUT2D eigenvalue weighted by Gasteiger charge is 2.21. The van der Waals surface area contributed by atoms with Crippen molar-refractivity contribution < 1.29 is 14.4 Å². The molecule has 26 heavy (non-hydrogen) atoms. The average Bonchev–Trinajstić information content (AvgIpc) is 3.11. The molecule has 1 aromatic heterocycles. The van der Waals surface area contributed by atoms with Gasteiger partial charge in [-0.15, -0.1) is 0 Å². The second-order valence-corrected chi connectivity index (χ2v) is 7.28. The van der Waals surface area contributed by atoms with Crippen molar-refractivity contribution in [1.82, 2.24) is 4.98 Å². The number of rotatable bonds is 5. The van der Waals surface area contributed by atoms with Crippen molar-refractivity contribution in [3.05, 3.63) is 40.9 Å². The number of benzene rings is 1. The van der Waals surface area contributed by atoms with Crippen molar-refractivity contribution in [3.8, 4) is 0 Å². The molecule has 0 bridgehead atoms. The molecule has 0 radical (unpaired) electrons. The molecule has 0 saturated heterocycles. The molecule has 2 aromatic rings. The van der Waals surface area contributed by atoms with E-state index >= 15 is 0 Å². The Morgan fingerprint density at radius 3 is 2.58 bits per heavy atom. The van der Waals surface area contributed by atoms with E-state index in [1.165, 1.54) is 12.6 Å². The standard InChI is InChI=1S/C18H20N4O3S/c19-15(23)14-10-20-18(26-14)22-17(25)12-7-4-8-13(9-12)21-16(24)11-5-2-1-3-6-11/h4,7-11H,1-3,5-6H2,(H2,19,23)(H,21,24)(H,20,22,25). The van der Waals surface area contributed by atoms with E-state index in [1.807, 2.05) is 0 Å². The Hall–Kier alpha value is -2.74. The number of anilines is 2. The largest absolute Gasteiger partial charge is 0.365 e. The second kappa shape index (κ2) is 8.09. The van der Waals surface area contributed by atoms with Crippen LogP contribution in [0.1, 0.15) is 52.1 Å². The van der Waals surface area contributed by atoms with Crippen LogP contribution in [0.15, 0.2) is 30.5 Å². The lowest BCUT2D eigenvalue weighted by Crippen LogP contribution is -2.24. The van der Waals surface area contributed by atoms with Gasteiger partial charge in [-0.05, 0) is 31.0 Å². The third kappa shape index (κ3) is 4.45. The van der Waals surface area contributed by atoms with Gasteiger partial charge in [0.1, 0.15) is 4.88 Å². The van der Waals surface area contributed by atoms with Crippen LogP contribution in [0.2, 0.25) is 0 Å². The average molecular weight is 372 g/mol. The Morgan fingerprint density at radius 1 is 1.12 bits per heavy atom. The highest BCUT2D eigenvalue weighted by atomic mass is 32.1. The van der Waals surface area contributed by atoms with Crippen molar-refractivity contribution >= 4 is 39.9 Å². The first-order valence-corrected chi connectivity index (χ1v) is 9.32. The summed E-state index contributed by atoms with van der Waals surface area (Å²) in [4.78, 5) is 40.0. The molecule has 136 valence electrons. The van der Waals surface area contributed by atoms with Crippen LogP contribution in [0.5, 0.6) is 0 Å². The van der Waals surface area contributed by atoms with Gasteiger partial charge in [0, 0.05) is 17.2 Å². The molecule has 0 spiro atoms. The minimum atomic E-state index is -0.588. The molecule has 1 aliphatic rings. The molecule has 1 aliphatic carbocycles. The molecule has 0 aliphatic heterocycles. The number of amides is 3. The zero-order valence-corrected chi connectivity index (χ0v) is 15.0. The second-order valence-electron chi connectivity index (χ2n) is 6.25. The van der Waals surface area contributed by atoms with E-state index in [0.717, 1.165) is 37.0 Å². The van der Waals surface area contributed by atoms with Crippen LogP contribution in [-0.2, 0) is 4.79 Å². The summed E-state index contributed by atoms with van der Waals surface area (Å²) in [6.45, 7) is 0. The van der Waals surface area contributed by atoms with Gasteiger partial charge in [0.15, 0.2) is 5.13 Å². The van der Waals surface area contributed by atoms with E-state index in [0.29, 0.717) is 16.4 Å². The van der Waals surface area contributed by atoms with Crippen molar-refractivity contribution in [2.45, 2.75) is 32.1 Å². The van der Waals surface area contributed by atoms with Crippen LogP contribution in [0.4, 0.5) is 10.8 Å². The number of carbonyl (C=O) groups excluding carboxylic acids is 3. The smallest absolute Gasteiger partial charge is 0.260 e. The van der Waals surface area contributed by atoms with E-state index in [1.54, 1.807) is 24.3 Å². The van der Waals surface area contributed by atoms with Gasteiger partial charge < -0.3 is 11.1 Å². The van der Waals surface area contributed by atoms with E-state index < -0.39 is 5.91 Å². The Morgan fingerprint density at radius 2 is 1.88 bits per heavy atom. The maximum absolute atomic E-state index is 12.4. The van der Waals surface area contributed by atoms with E-state index in [2.05, 4.69) is 15.6 Å². The van der Waals surface area contributed by atoms with Gasteiger partial charge in [0.05, 0.1) is 6.20 Å². The predicted octanol–water partition coefficient (Wildman–Crippen LogP) is 3.01. The molecule has 7 nitrogen and oxygen atoms in total. The van der Waals surface area contributed by atoms with Gasteiger partial charge in [0.25, 0.3) is 11.8 Å². The van der Waals surface area contributed by atoms with Crippen molar-refractivity contribution in [2.24, 2.45) is 11.7 Å². The fourth-order valence-electron chi connectivity index (χ4n) is 2.96. The first-order valence-electron chi connectivity index (χ1n) is 8.51. The lowest BCUT2D eigenvalue weighted by atomic mass is 9.88. The third-order valence-electron chi connectivity index (χ3n) is 4.34. The number of primary amides is 1. The molecule has 3 rings (SSSR count). The van der Waals surface area contributed by atoms with Gasteiger partial charge >= 0.3 is 0 Å². The van der Waals surface area contributed by atoms with Gasteiger partial charge in [-0.2, -0.15) is 0 Å². The van der Waals surface area contributed by atoms with Crippen LogP contribution in [0.25, 0.3) is 0 Å². The summed E-state index contributed by atoms with van der Waals surface area (Å²) < 4.78 is 0. The lowest BCUT2D eigenvalue weighted by molar-refractivity contribution is -0.120. The summed E-state index contributed by atoms with van der Waals surface area (Å²) >= 11 is 1.01. The zero-order chi connectivity index (χ0) is 18.5. The summed E-state index contributed by atoms with van der Waals surface area (Å²) in [5.74, 6) is -0.906. The number of aromatic nitrogens is 1. The van der Waals surface area contributed by atoms with E-state index in [4.69, 9.17) is 5.73 Å². The normalized spacial score (nSPS) is 14.6. The fraction of sp³-hybridized carbons (Fsp3) is 0.333. The zero-order valence-electron chi connectivity index (χ0n) is 14.2. The summed E-state index contributed by atoms with van der Waals surface area (Å²) in [7, 11) is 0. The van der Waals surface area contributed by atoms with Crippen LogP contribution in [0, 0.1) is 5.92 Å². The molecule has 1 saturated carbocycles. The fourth-order valence-corrected chi connectivity index (χ4v) is 3.63. The number of thiazole rings is 1. The molecule has 0 unspecified atom stereocenters.